The quantitative estimate of drug-likeness (QED) is 0.408. The number of H-pyrrole nitrogens is 1. The highest BCUT2D eigenvalue weighted by Gasteiger charge is 2.22. The zero-order valence-corrected chi connectivity index (χ0v) is 18.8. The largest absolute Gasteiger partial charge is 0.488 e. The molecule has 0 atom stereocenters. The number of carbonyl (C=O) groups is 1. The lowest BCUT2D eigenvalue weighted by atomic mass is 9.98. The summed E-state index contributed by atoms with van der Waals surface area (Å²) in [7, 11) is 0. The molecule has 0 aliphatic carbocycles. The second kappa shape index (κ2) is 9.60. The van der Waals surface area contributed by atoms with Crippen molar-refractivity contribution in [3.8, 4) is 28.3 Å². The Morgan fingerprint density at radius 3 is 2.30 bits per heavy atom. The minimum absolute atomic E-state index is 0.151. The Morgan fingerprint density at radius 1 is 1.00 bits per heavy atom. The average Bonchev–Trinajstić information content (AvgIpc) is 3.38. The zero-order chi connectivity index (χ0) is 23.4. The SMILES string of the molecule is CCc1nc(CC)c(C(=O)O)c(OCc2ccc(-c3ccccc3-c3nn[nH]n3)cc2)c1C. The second-order valence-electron chi connectivity index (χ2n) is 7.61. The van der Waals surface area contributed by atoms with Gasteiger partial charge in [0, 0.05) is 16.8 Å². The highest BCUT2D eigenvalue weighted by atomic mass is 16.5. The third-order valence-electron chi connectivity index (χ3n) is 5.60. The molecule has 168 valence electrons. The van der Waals surface area contributed by atoms with E-state index in [0.717, 1.165) is 33.5 Å². The first-order chi connectivity index (χ1) is 16.0. The Hall–Kier alpha value is -4.07. The maximum atomic E-state index is 12.0. The molecule has 0 amide bonds. The maximum Gasteiger partial charge on any atom is 0.341 e. The van der Waals surface area contributed by atoms with Crippen LogP contribution in [0.5, 0.6) is 5.75 Å². The van der Waals surface area contributed by atoms with Crippen molar-refractivity contribution in [3.63, 3.8) is 0 Å². The summed E-state index contributed by atoms with van der Waals surface area (Å²) in [6, 6.07) is 15.8. The molecule has 8 heteroatoms. The number of ether oxygens (including phenoxy) is 1. The van der Waals surface area contributed by atoms with Crippen LogP contribution in [-0.2, 0) is 19.4 Å². The van der Waals surface area contributed by atoms with Gasteiger partial charge in [0.15, 0.2) is 0 Å². The maximum absolute atomic E-state index is 12.0. The Kier molecular flexibility index (Phi) is 6.44. The van der Waals surface area contributed by atoms with Crippen molar-refractivity contribution >= 4 is 5.97 Å². The van der Waals surface area contributed by atoms with Crippen LogP contribution in [0.15, 0.2) is 48.5 Å². The molecule has 4 aromatic rings. The Morgan fingerprint density at radius 2 is 1.70 bits per heavy atom. The van der Waals surface area contributed by atoms with Crippen molar-refractivity contribution < 1.29 is 14.6 Å². The van der Waals surface area contributed by atoms with E-state index in [0.29, 0.717) is 30.1 Å². The number of nitrogens with one attached hydrogen (secondary N) is 1. The Bertz CT molecular complexity index is 1270. The molecule has 0 bridgehead atoms. The van der Waals surface area contributed by atoms with Crippen LogP contribution in [0.1, 0.15) is 46.7 Å². The number of hydrogen-bond donors (Lipinski definition) is 2. The number of benzene rings is 2. The van der Waals surface area contributed by atoms with E-state index in [4.69, 9.17) is 4.74 Å². The summed E-state index contributed by atoms with van der Waals surface area (Å²) in [5.41, 5.74) is 6.15. The number of aryl methyl sites for hydroxylation is 2. The van der Waals surface area contributed by atoms with Crippen molar-refractivity contribution in [2.75, 3.05) is 0 Å². The summed E-state index contributed by atoms with van der Waals surface area (Å²) < 4.78 is 6.08. The molecule has 0 saturated carbocycles. The number of carboxylic acid groups (broad SMARTS) is 1. The number of nitrogens with zero attached hydrogens (tertiary/aromatic N) is 4. The molecule has 0 saturated heterocycles. The summed E-state index contributed by atoms with van der Waals surface area (Å²) in [5, 5.41) is 24.1. The van der Waals surface area contributed by atoms with Crippen molar-refractivity contribution in [1.82, 2.24) is 25.6 Å². The fraction of sp³-hybridized carbons (Fsp3) is 0.240. The Balaban J connectivity index is 1.61. The zero-order valence-electron chi connectivity index (χ0n) is 18.8. The Labute approximate surface area is 191 Å². The first kappa shape index (κ1) is 22.1. The highest BCUT2D eigenvalue weighted by molar-refractivity contribution is 5.93. The first-order valence-corrected chi connectivity index (χ1v) is 10.8. The van der Waals surface area contributed by atoms with Crippen molar-refractivity contribution in [1.29, 1.82) is 0 Å². The van der Waals surface area contributed by atoms with Gasteiger partial charge in [-0.05, 0) is 41.7 Å². The van der Waals surface area contributed by atoms with Crippen LogP contribution in [0.4, 0.5) is 0 Å². The van der Waals surface area contributed by atoms with Crippen LogP contribution in [0, 0.1) is 6.92 Å². The van der Waals surface area contributed by atoms with E-state index in [1.54, 1.807) is 0 Å². The lowest BCUT2D eigenvalue weighted by molar-refractivity contribution is 0.0689. The molecule has 2 aromatic heterocycles. The van der Waals surface area contributed by atoms with Crippen LogP contribution in [-0.4, -0.2) is 36.7 Å². The normalized spacial score (nSPS) is 10.9. The van der Waals surface area contributed by atoms with Crippen molar-refractivity contribution in [3.05, 3.63) is 76.6 Å². The number of carboxylic acids is 1. The van der Waals surface area contributed by atoms with Crippen molar-refractivity contribution in [2.45, 2.75) is 40.2 Å². The summed E-state index contributed by atoms with van der Waals surface area (Å²) in [4.78, 5) is 16.5. The van der Waals surface area contributed by atoms with Crippen molar-refractivity contribution in [2.24, 2.45) is 0 Å². The monoisotopic (exact) mass is 443 g/mol. The van der Waals surface area contributed by atoms with Gasteiger partial charge in [0.1, 0.15) is 17.9 Å². The summed E-state index contributed by atoms with van der Waals surface area (Å²) in [6.45, 7) is 6.03. The van der Waals surface area contributed by atoms with Gasteiger partial charge in [-0.25, -0.2) is 4.79 Å². The first-order valence-electron chi connectivity index (χ1n) is 10.8. The van der Waals surface area contributed by atoms with Gasteiger partial charge in [-0.15, -0.1) is 10.2 Å². The van der Waals surface area contributed by atoms with Gasteiger partial charge in [0.2, 0.25) is 5.82 Å². The molecule has 4 rings (SSSR count). The minimum atomic E-state index is -1.02. The van der Waals surface area contributed by atoms with Gasteiger partial charge in [-0.1, -0.05) is 62.4 Å². The summed E-state index contributed by atoms with van der Waals surface area (Å²) in [6.07, 6.45) is 1.24. The number of pyridine rings is 1. The van der Waals surface area contributed by atoms with E-state index in [-0.39, 0.29) is 12.2 Å². The fourth-order valence-electron chi connectivity index (χ4n) is 3.90. The van der Waals surface area contributed by atoms with Crippen LogP contribution in [0.25, 0.3) is 22.5 Å². The molecule has 0 aliphatic heterocycles. The summed E-state index contributed by atoms with van der Waals surface area (Å²) >= 11 is 0. The van der Waals surface area contributed by atoms with Gasteiger partial charge in [-0.3, -0.25) is 4.98 Å². The molecule has 2 N–H and O–H groups in total. The highest BCUT2D eigenvalue weighted by Crippen LogP contribution is 2.32. The van der Waals surface area contributed by atoms with E-state index < -0.39 is 5.97 Å². The standard InChI is InChI=1S/C25H25N5O3/c1-4-20-15(3)23(22(25(31)32)21(5-2)26-20)33-14-16-10-12-17(13-11-16)18-8-6-7-9-19(18)24-27-29-30-28-24/h6-13H,4-5,14H2,1-3H3,(H,31,32)(H,27,28,29,30). The molecule has 33 heavy (non-hydrogen) atoms. The van der Waals surface area contributed by atoms with Gasteiger partial charge in [0.05, 0.1) is 5.69 Å². The van der Waals surface area contributed by atoms with E-state index in [9.17, 15) is 9.90 Å². The number of aromatic carboxylic acids is 1. The van der Waals surface area contributed by atoms with E-state index in [1.165, 1.54) is 0 Å². The topological polar surface area (TPSA) is 114 Å². The lowest BCUT2D eigenvalue weighted by Gasteiger charge is -2.17. The molecule has 0 radical (unpaired) electrons. The molecule has 0 unspecified atom stereocenters. The molecular weight excluding hydrogens is 418 g/mol. The van der Waals surface area contributed by atoms with Gasteiger partial charge in [-0.2, -0.15) is 5.21 Å². The fourth-order valence-corrected chi connectivity index (χ4v) is 3.90. The lowest BCUT2D eigenvalue weighted by Crippen LogP contribution is -2.13. The number of rotatable bonds is 8. The second-order valence-corrected chi connectivity index (χ2v) is 7.61. The number of tetrazole rings is 1. The van der Waals surface area contributed by atoms with E-state index in [2.05, 4.69) is 25.6 Å². The molecule has 0 spiro atoms. The van der Waals surface area contributed by atoms with Gasteiger partial charge in [0.25, 0.3) is 0 Å². The third-order valence-corrected chi connectivity index (χ3v) is 5.60. The van der Waals surface area contributed by atoms with Crippen LogP contribution in [0.2, 0.25) is 0 Å². The van der Waals surface area contributed by atoms with Gasteiger partial charge >= 0.3 is 5.97 Å². The predicted octanol–water partition coefficient (Wildman–Crippen LogP) is 4.64. The third kappa shape index (κ3) is 4.45. The number of aromatic amines is 1. The molecule has 0 fully saturated rings. The summed E-state index contributed by atoms with van der Waals surface area (Å²) in [5.74, 6) is -0.0860. The van der Waals surface area contributed by atoms with Gasteiger partial charge < -0.3 is 9.84 Å². The molecule has 2 aromatic carbocycles. The number of hydrogen-bond acceptors (Lipinski definition) is 6. The average molecular weight is 444 g/mol. The van der Waals surface area contributed by atoms with Crippen LogP contribution < -0.4 is 4.74 Å². The molecule has 2 heterocycles. The van der Waals surface area contributed by atoms with Crippen LogP contribution in [0.3, 0.4) is 0 Å². The predicted molar refractivity (Wildman–Crippen MR) is 124 cm³/mol. The molecule has 0 aliphatic rings. The number of aromatic nitrogens is 5. The smallest absolute Gasteiger partial charge is 0.341 e. The minimum Gasteiger partial charge on any atom is -0.488 e. The van der Waals surface area contributed by atoms with Crippen LogP contribution >= 0.6 is 0 Å². The van der Waals surface area contributed by atoms with E-state index >= 15 is 0 Å². The molecular formula is C25H25N5O3. The van der Waals surface area contributed by atoms with E-state index in [1.807, 2.05) is 69.3 Å². The molecule has 8 nitrogen and oxygen atoms in total.